The number of allylic oxidation sites excluding steroid dienone is 2. The van der Waals surface area contributed by atoms with E-state index in [1.165, 1.54) is 10.8 Å². The molecule has 2 amide bonds. The van der Waals surface area contributed by atoms with E-state index in [-0.39, 0.29) is 36.8 Å². The fourth-order valence-corrected chi connectivity index (χ4v) is 4.88. The number of amidine groups is 1. The molecular weight excluding hydrogens is 648 g/mol. The number of carbonyl (C=O) groups is 3. The molecule has 51 heavy (non-hydrogen) atoms. The second kappa shape index (κ2) is 18.9. The lowest BCUT2D eigenvalue weighted by molar-refractivity contribution is -0.127. The van der Waals surface area contributed by atoms with Crippen LogP contribution in [0, 0.1) is 0 Å². The van der Waals surface area contributed by atoms with Crippen molar-refractivity contribution in [3.8, 4) is 11.3 Å². The Hall–Kier alpha value is -5.72. The molecule has 0 bridgehead atoms. The quantitative estimate of drug-likeness (QED) is 0.0748. The van der Waals surface area contributed by atoms with Crippen molar-refractivity contribution >= 4 is 35.6 Å². The van der Waals surface area contributed by atoms with Crippen LogP contribution in [0.5, 0.6) is 0 Å². The van der Waals surface area contributed by atoms with Crippen LogP contribution < -0.4 is 33.0 Å². The molecule has 1 heterocycles. The van der Waals surface area contributed by atoms with E-state index in [1.807, 2.05) is 65.0 Å². The maximum absolute atomic E-state index is 13.6. The van der Waals surface area contributed by atoms with E-state index in [1.54, 1.807) is 25.2 Å². The van der Waals surface area contributed by atoms with Crippen LogP contribution >= 0.6 is 0 Å². The number of nitrogens with one attached hydrogen (secondary N) is 3. The number of aliphatic imine (C=N–C) groups is 1. The van der Waals surface area contributed by atoms with Gasteiger partial charge in [-0.15, -0.1) is 0 Å². The number of rotatable bonds is 13. The molecule has 0 saturated heterocycles. The Morgan fingerprint density at radius 3 is 2.45 bits per heavy atom. The molecule has 4 rings (SSSR count). The molecule has 7 N–H and O–H groups in total. The molecule has 13 heteroatoms. The fourth-order valence-electron chi connectivity index (χ4n) is 4.88. The largest absolute Gasteiger partial charge is 0.463 e. The van der Waals surface area contributed by atoms with Crippen LogP contribution in [-0.4, -0.2) is 58.9 Å². The van der Waals surface area contributed by atoms with Gasteiger partial charge in [-0.05, 0) is 76.3 Å². The van der Waals surface area contributed by atoms with E-state index < -0.39 is 11.1 Å². The van der Waals surface area contributed by atoms with Gasteiger partial charge in [0.05, 0.1) is 11.9 Å². The van der Waals surface area contributed by atoms with Gasteiger partial charge in [0.15, 0.2) is 5.82 Å². The van der Waals surface area contributed by atoms with Gasteiger partial charge in [-0.3, -0.25) is 28.7 Å². The van der Waals surface area contributed by atoms with Gasteiger partial charge >= 0.3 is 0 Å². The third kappa shape index (κ3) is 12.6. The van der Waals surface area contributed by atoms with Gasteiger partial charge in [0.1, 0.15) is 19.0 Å². The summed E-state index contributed by atoms with van der Waals surface area (Å²) in [6, 6.07) is 12.2. The highest BCUT2D eigenvalue weighted by atomic mass is 16.5. The van der Waals surface area contributed by atoms with Crippen molar-refractivity contribution in [3.63, 3.8) is 0 Å². The van der Waals surface area contributed by atoms with Crippen molar-refractivity contribution in [2.75, 3.05) is 24.7 Å². The first kappa shape index (κ1) is 39.7. The molecule has 1 aromatic heterocycles. The van der Waals surface area contributed by atoms with Crippen LogP contribution in [-0.2, 0) is 27.4 Å². The minimum absolute atomic E-state index is 0.0213. The second-order valence-electron chi connectivity index (χ2n) is 13.1. The molecule has 1 aliphatic rings. The maximum Gasteiger partial charge on any atom is 0.294 e. The van der Waals surface area contributed by atoms with Crippen LogP contribution in [0.1, 0.15) is 75.4 Å². The van der Waals surface area contributed by atoms with Gasteiger partial charge in [-0.2, -0.15) is 0 Å². The Labute approximate surface area is 299 Å². The average Bonchev–Trinajstić information content (AvgIpc) is 3.11. The molecule has 0 unspecified atom stereocenters. The van der Waals surface area contributed by atoms with Crippen molar-refractivity contribution in [2.24, 2.45) is 10.7 Å². The van der Waals surface area contributed by atoms with Crippen molar-refractivity contribution in [1.29, 1.82) is 0 Å². The van der Waals surface area contributed by atoms with E-state index in [2.05, 4.69) is 42.8 Å². The molecule has 0 saturated carbocycles. The number of nitrogen functional groups attached to an aromatic ring is 1. The van der Waals surface area contributed by atoms with E-state index in [9.17, 15) is 19.2 Å². The Morgan fingerprint density at radius 1 is 1.12 bits per heavy atom. The van der Waals surface area contributed by atoms with Gasteiger partial charge in [-0.1, -0.05) is 49.4 Å². The fraction of sp³-hybridized carbons (Fsp3) is 0.368. The highest BCUT2D eigenvalue weighted by Crippen LogP contribution is 2.24. The van der Waals surface area contributed by atoms with Crippen molar-refractivity contribution < 1.29 is 19.1 Å². The summed E-state index contributed by atoms with van der Waals surface area (Å²) in [5.41, 5.74) is 15.4. The van der Waals surface area contributed by atoms with Crippen molar-refractivity contribution in [1.82, 2.24) is 20.2 Å². The van der Waals surface area contributed by atoms with Gasteiger partial charge in [-0.25, -0.2) is 4.98 Å². The summed E-state index contributed by atoms with van der Waals surface area (Å²) in [6.07, 6.45) is 10.6. The number of amides is 2. The van der Waals surface area contributed by atoms with Crippen LogP contribution in [0.25, 0.3) is 11.3 Å². The summed E-state index contributed by atoms with van der Waals surface area (Å²) in [4.78, 5) is 57.6. The van der Waals surface area contributed by atoms with Gasteiger partial charge < -0.3 is 32.2 Å². The third-order valence-corrected chi connectivity index (χ3v) is 7.72. The Kier molecular flexibility index (Phi) is 14.7. The number of anilines is 2. The molecule has 0 radical (unpaired) electrons. The highest BCUT2D eigenvalue weighted by Gasteiger charge is 2.20. The lowest BCUT2D eigenvalue weighted by Crippen LogP contribution is -2.37. The Balaban J connectivity index is 0.000000602. The van der Waals surface area contributed by atoms with Crippen molar-refractivity contribution in [3.05, 3.63) is 99.5 Å². The minimum Gasteiger partial charge on any atom is -0.463 e. The lowest BCUT2D eigenvalue weighted by atomic mass is 10.1. The van der Waals surface area contributed by atoms with Crippen LogP contribution in [0.2, 0.25) is 0 Å². The van der Waals surface area contributed by atoms with Gasteiger partial charge in [0.2, 0.25) is 5.91 Å². The van der Waals surface area contributed by atoms with E-state index in [4.69, 9.17) is 11.5 Å². The number of carbonyl (C=O) groups excluding carboxylic acids is 3. The molecule has 0 aliphatic heterocycles. The zero-order valence-corrected chi connectivity index (χ0v) is 30.3. The van der Waals surface area contributed by atoms with Crippen molar-refractivity contribution in [2.45, 2.75) is 78.6 Å². The van der Waals surface area contributed by atoms with Crippen LogP contribution in [0.15, 0.2) is 82.2 Å². The van der Waals surface area contributed by atoms with Gasteiger partial charge in [0.25, 0.3) is 17.9 Å². The summed E-state index contributed by atoms with van der Waals surface area (Å²) in [7, 11) is 1.62. The molecular formula is C38H50N8O5. The molecule has 272 valence electrons. The first-order chi connectivity index (χ1) is 24.2. The topological polar surface area (TPSA) is 196 Å². The minimum atomic E-state index is -0.473. The standard InChI is InChI=1S/C30H40N8O3.C8H10O2/c1-7-18(2)36-28(40)22-12-21(13-23(31)14-22)24-16-35-27(37-30(3,4)5)29(41)38(24)17-25(39)34-15-19-8-10-20(11-9-19)26(32)33-6;9-7-10-6-8-4-2-1-3-5-8/h8-14,16,18H,7,15,17,31H2,1-6H3,(H2,32,33)(H,34,39)(H,35,37)(H,36,40);2,4-5,7H,1,3,6H2/t18-;/m0./s1. The average molecular weight is 699 g/mol. The van der Waals surface area contributed by atoms with Gasteiger partial charge in [0, 0.05) is 47.6 Å². The Morgan fingerprint density at radius 2 is 1.84 bits per heavy atom. The molecule has 13 nitrogen and oxygen atoms in total. The number of ether oxygens (including phenoxy) is 1. The van der Waals surface area contributed by atoms with Crippen LogP contribution in [0.3, 0.4) is 0 Å². The highest BCUT2D eigenvalue weighted by molar-refractivity contribution is 5.97. The van der Waals surface area contributed by atoms with E-state index >= 15 is 0 Å². The molecule has 1 aliphatic carbocycles. The summed E-state index contributed by atoms with van der Waals surface area (Å²) in [6.45, 7) is 10.5. The number of benzene rings is 2. The summed E-state index contributed by atoms with van der Waals surface area (Å²) in [5.74, 6) is -0.125. The molecule has 3 aromatic rings. The molecule has 1 atom stereocenters. The zero-order valence-electron chi connectivity index (χ0n) is 30.3. The van der Waals surface area contributed by atoms with Crippen LogP contribution in [0.4, 0.5) is 11.5 Å². The monoisotopic (exact) mass is 698 g/mol. The number of aromatic nitrogens is 2. The number of hydrogen-bond donors (Lipinski definition) is 5. The number of nitrogens with zero attached hydrogens (tertiary/aromatic N) is 3. The predicted octanol–water partition coefficient (Wildman–Crippen LogP) is 4.32. The van der Waals surface area contributed by atoms with E-state index in [0.29, 0.717) is 41.4 Å². The summed E-state index contributed by atoms with van der Waals surface area (Å²) >= 11 is 0. The SMILES string of the molecule is CC[C@H](C)NC(=O)c1cc(N)cc(-c2cnc(NC(C)(C)C)c(=O)n2CC(=O)NCc2ccc(C(N)=NC)cc2)c1.O=COCC1=CCCC=C1. The zero-order chi connectivity index (χ0) is 37.6. The molecule has 2 aromatic carbocycles. The Bertz CT molecular complexity index is 1820. The second-order valence-corrected chi connectivity index (χ2v) is 13.1. The number of hydrogen-bond acceptors (Lipinski definition) is 9. The smallest absolute Gasteiger partial charge is 0.294 e. The molecule has 0 fully saturated rings. The maximum atomic E-state index is 13.6. The third-order valence-electron chi connectivity index (χ3n) is 7.72. The van der Waals surface area contributed by atoms with E-state index in [0.717, 1.165) is 36.0 Å². The lowest BCUT2D eigenvalue weighted by Gasteiger charge is -2.22. The molecule has 0 spiro atoms. The normalized spacial score (nSPS) is 13.2. The summed E-state index contributed by atoms with van der Waals surface area (Å²) < 4.78 is 5.91. The summed E-state index contributed by atoms with van der Waals surface area (Å²) in [5, 5.41) is 8.89. The first-order valence-corrected chi connectivity index (χ1v) is 16.8. The first-order valence-electron chi connectivity index (χ1n) is 16.8. The number of nitrogens with two attached hydrogens (primary N) is 2. The predicted molar refractivity (Wildman–Crippen MR) is 202 cm³/mol.